The minimum atomic E-state index is 0.899. The number of dihydropyridines is 1. The van der Waals surface area contributed by atoms with Gasteiger partial charge in [-0.1, -0.05) is 73.7 Å². The summed E-state index contributed by atoms with van der Waals surface area (Å²) in [5, 5.41) is 11.5. The maximum Gasteiger partial charge on any atom is 0.0403 e. The first kappa shape index (κ1) is 15.2. The summed E-state index contributed by atoms with van der Waals surface area (Å²) in [7, 11) is 0. The first-order valence-corrected chi connectivity index (χ1v) is 9.32. The largest absolute Gasteiger partial charge is 0.384 e. The van der Waals surface area contributed by atoms with Crippen molar-refractivity contribution in [1.82, 2.24) is 5.32 Å². The van der Waals surface area contributed by atoms with Gasteiger partial charge in [-0.2, -0.15) is 0 Å². The first-order chi connectivity index (χ1) is 12.8. The molecular weight excluding hydrogens is 314 g/mol. The van der Waals surface area contributed by atoms with E-state index >= 15 is 0 Å². The van der Waals surface area contributed by atoms with Crippen LogP contribution >= 0.6 is 0 Å². The average Bonchev–Trinajstić information content (AvgIpc) is 2.74. The summed E-state index contributed by atoms with van der Waals surface area (Å²) in [5.41, 5.74) is 3.96. The van der Waals surface area contributed by atoms with Gasteiger partial charge in [-0.05, 0) is 62.0 Å². The minimum absolute atomic E-state index is 0.899. The second-order valence-electron chi connectivity index (χ2n) is 6.94. The van der Waals surface area contributed by atoms with E-state index in [1.807, 2.05) is 0 Å². The summed E-state index contributed by atoms with van der Waals surface area (Å²) >= 11 is 0. The molecule has 1 N–H and O–H groups in total. The Bertz CT molecular complexity index is 1180. The number of fused-ring (bicyclic) bond motifs is 6. The van der Waals surface area contributed by atoms with Crippen molar-refractivity contribution in [3.8, 4) is 0 Å². The Hall–Kier alpha value is -3.06. The van der Waals surface area contributed by atoms with Gasteiger partial charge in [-0.25, -0.2) is 0 Å². The lowest BCUT2D eigenvalue weighted by Crippen LogP contribution is -2.18. The highest BCUT2D eigenvalue weighted by atomic mass is 14.9. The quantitative estimate of drug-likeness (QED) is 0.416. The van der Waals surface area contributed by atoms with Crippen molar-refractivity contribution < 1.29 is 0 Å². The normalized spacial score (nSPS) is 14.3. The Morgan fingerprint density at radius 1 is 0.692 bits per heavy atom. The number of rotatable bonds is 2. The standard InChI is InChI=1S/C25H21N/c1-2-19-13-11-18(16-26-19)17-12-14-24-22-9-4-3-7-20(22)21-8-5-6-10-23(21)25(24)15-17/h3-15,26H,2,16H2,1H3. The molecule has 1 heterocycles. The zero-order chi connectivity index (χ0) is 17.5. The molecule has 126 valence electrons. The van der Waals surface area contributed by atoms with E-state index in [1.54, 1.807) is 0 Å². The maximum absolute atomic E-state index is 3.53. The van der Waals surface area contributed by atoms with Crippen molar-refractivity contribution in [2.24, 2.45) is 0 Å². The van der Waals surface area contributed by atoms with Crippen molar-refractivity contribution in [1.29, 1.82) is 0 Å². The SMILES string of the molecule is CCC1=CC=C(c2ccc3c4ccccc4c4ccccc4c3c2)CN1. The van der Waals surface area contributed by atoms with Crippen LogP contribution in [0, 0.1) is 0 Å². The summed E-state index contributed by atoms with van der Waals surface area (Å²) in [6, 6.07) is 24.4. The van der Waals surface area contributed by atoms with Crippen LogP contribution < -0.4 is 5.32 Å². The molecule has 1 nitrogen and oxygen atoms in total. The van der Waals surface area contributed by atoms with E-state index in [0.717, 1.165) is 13.0 Å². The molecule has 0 saturated carbocycles. The third-order valence-corrected chi connectivity index (χ3v) is 5.49. The third kappa shape index (κ3) is 2.32. The van der Waals surface area contributed by atoms with E-state index in [2.05, 4.69) is 91.1 Å². The van der Waals surface area contributed by atoms with E-state index in [-0.39, 0.29) is 0 Å². The van der Waals surface area contributed by atoms with E-state index in [4.69, 9.17) is 0 Å². The molecule has 26 heavy (non-hydrogen) atoms. The molecule has 0 amide bonds. The molecule has 4 aromatic rings. The van der Waals surface area contributed by atoms with Crippen LogP contribution in [-0.2, 0) is 0 Å². The summed E-state index contributed by atoms with van der Waals surface area (Å²) in [6.07, 6.45) is 5.53. The lowest BCUT2D eigenvalue weighted by atomic mass is 9.91. The average molecular weight is 335 g/mol. The summed E-state index contributed by atoms with van der Waals surface area (Å²) in [5.74, 6) is 0. The highest BCUT2D eigenvalue weighted by molar-refractivity contribution is 6.25. The smallest absolute Gasteiger partial charge is 0.0403 e. The van der Waals surface area contributed by atoms with Gasteiger partial charge in [0, 0.05) is 12.2 Å². The molecule has 5 rings (SSSR count). The number of hydrogen-bond donors (Lipinski definition) is 1. The third-order valence-electron chi connectivity index (χ3n) is 5.49. The lowest BCUT2D eigenvalue weighted by molar-refractivity contribution is 0.841. The fourth-order valence-corrected chi connectivity index (χ4v) is 4.08. The molecule has 4 aromatic carbocycles. The fourth-order valence-electron chi connectivity index (χ4n) is 4.08. The summed E-state index contributed by atoms with van der Waals surface area (Å²) in [6.45, 7) is 3.08. The second kappa shape index (κ2) is 6.03. The van der Waals surface area contributed by atoms with Gasteiger partial charge < -0.3 is 5.32 Å². The number of allylic oxidation sites excluding steroid dienone is 3. The van der Waals surface area contributed by atoms with E-state index in [9.17, 15) is 0 Å². The predicted octanol–water partition coefficient (Wildman–Crippen LogP) is 6.43. The van der Waals surface area contributed by atoms with Crippen LogP contribution in [0.3, 0.4) is 0 Å². The van der Waals surface area contributed by atoms with E-state index in [0.29, 0.717) is 0 Å². The van der Waals surface area contributed by atoms with Crippen LogP contribution in [0.2, 0.25) is 0 Å². The van der Waals surface area contributed by atoms with Gasteiger partial charge in [0.25, 0.3) is 0 Å². The highest BCUT2D eigenvalue weighted by Gasteiger charge is 2.11. The second-order valence-corrected chi connectivity index (χ2v) is 6.94. The molecule has 0 aromatic heterocycles. The molecule has 1 heteroatoms. The highest BCUT2D eigenvalue weighted by Crippen LogP contribution is 2.36. The number of hydrogen-bond acceptors (Lipinski definition) is 1. The zero-order valence-corrected chi connectivity index (χ0v) is 14.9. The zero-order valence-electron chi connectivity index (χ0n) is 14.9. The predicted molar refractivity (Wildman–Crippen MR) is 113 cm³/mol. The Balaban J connectivity index is 1.82. The van der Waals surface area contributed by atoms with Gasteiger partial charge in [0.2, 0.25) is 0 Å². The molecule has 1 aliphatic heterocycles. The fraction of sp³-hybridized carbons (Fsp3) is 0.120. The molecule has 0 atom stereocenters. The Kier molecular flexibility index (Phi) is 3.53. The van der Waals surface area contributed by atoms with Crippen LogP contribution in [0.1, 0.15) is 18.9 Å². The van der Waals surface area contributed by atoms with Crippen molar-refractivity contribution in [3.63, 3.8) is 0 Å². The van der Waals surface area contributed by atoms with E-state index < -0.39 is 0 Å². The van der Waals surface area contributed by atoms with Gasteiger partial charge in [0.05, 0.1) is 0 Å². The molecule has 0 bridgehead atoms. The van der Waals surface area contributed by atoms with Gasteiger partial charge >= 0.3 is 0 Å². The van der Waals surface area contributed by atoms with Crippen molar-refractivity contribution >= 4 is 37.9 Å². The Labute approximate surface area is 153 Å². The monoisotopic (exact) mass is 335 g/mol. The van der Waals surface area contributed by atoms with E-state index in [1.165, 1.54) is 49.2 Å². The minimum Gasteiger partial charge on any atom is -0.384 e. The first-order valence-electron chi connectivity index (χ1n) is 9.32. The van der Waals surface area contributed by atoms with Gasteiger partial charge in [-0.3, -0.25) is 0 Å². The Morgan fingerprint density at radius 3 is 1.81 bits per heavy atom. The van der Waals surface area contributed by atoms with Gasteiger partial charge in [0.1, 0.15) is 0 Å². The molecular formula is C25H21N. The number of benzene rings is 4. The molecule has 1 aliphatic rings. The van der Waals surface area contributed by atoms with Gasteiger partial charge in [-0.15, -0.1) is 0 Å². The molecule has 0 radical (unpaired) electrons. The Morgan fingerprint density at radius 2 is 1.27 bits per heavy atom. The molecule has 0 fully saturated rings. The van der Waals surface area contributed by atoms with Crippen LogP contribution in [0.5, 0.6) is 0 Å². The van der Waals surface area contributed by atoms with Crippen molar-refractivity contribution in [2.75, 3.05) is 6.54 Å². The molecule has 0 unspecified atom stereocenters. The van der Waals surface area contributed by atoms with Crippen molar-refractivity contribution in [3.05, 3.63) is 90.1 Å². The molecule has 0 aliphatic carbocycles. The summed E-state index contributed by atoms with van der Waals surface area (Å²) < 4.78 is 0. The molecule has 0 spiro atoms. The van der Waals surface area contributed by atoms with Crippen LogP contribution in [0.4, 0.5) is 0 Å². The topological polar surface area (TPSA) is 12.0 Å². The van der Waals surface area contributed by atoms with Crippen LogP contribution in [0.25, 0.3) is 37.9 Å². The lowest BCUT2D eigenvalue weighted by Gasteiger charge is -2.18. The molecule has 0 saturated heterocycles. The summed E-state index contributed by atoms with van der Waals surface area (Å²) in [4.78, 5) is 0. The van der Waals surface area contributed by atoms with Crippen LogP contribution in [0.15, 0.2) is 84.6 Å². The van der Waals surface area contributed by atoms with Crippen LogP contribution in [-0.4, -0.2) is 6.54 Å². The van der Waals surface area contributed by atoms with Gasteiger partial charge in [0.15, 0.2) is 0 Å². The maximum atomic E-state index is 3.53. The number of nitrogens with one attached hydrogen (secondary N) is 1. The van der Waals surface area contributed by atoms with Crippen molar-refractivity contribution in [2.45, 2.75) is 13.3 Å².